The summed E-state index contributed by atoms with van der Waals surface area (Å²) in [4.78, 5) is 0. The monoisotopic (exact) mass is 552 g/mol. The first-order valence-electron chi connectivity index (χ1n) is 11.7. The van der Waals surface area contributed by atoms with Crippen molar-refractivity contribution in [3.63, 3.8) is 0 Å². The van der Waals surface area contributed by atoms with Crippen LogP contribution in [0.1, 0.15) is 0 Å². The molecule has 0 saturated heterocycles. The van der Waals surface area contributed by atoms with E-state index in [-0.39, 0.29) is 0 Å². The van der Waals surface area contributed by atoms with Gasteiger partial charge >= 0.3 is 0 Å². The first-order valence-corrected chi connectivity index (χ1v) is 11.7. The second-order valence-electron chi connectivity index (χ2n) is 7.88. The number of para-hydroxylation sites is 4. The molecular formula is C30H22BF5O4. The zero-order chi connectivity index (χ0) is 28.9. The van der Waals surface area contributed by atoms with Gasteiger partial charge in [-0.3, -0.25) is 0 Å². The van der Waals surface area contributed by atoms with Gasteiger partial charge in [-0.15, -0.1) is 0 Å². The predicted molar refractivity (Wildman–Crippen MR) is 140 cm³/mol. The highest BCUT2D eigenvalue weighted by Gasteiger charge is 2.23. The summed E-state index contributed by atoms with van der Waals surface area (Å²) in [7, 11) is -3.26. The lowest BCUT2D eigenvalue weighted by atomic mass is 9.79. The molecule has 5 aromatic carbocycles. The SMILES string of the molecule is [O-]B([O-])c1c(F)c(F)c(F)c(F)c1F.c1ccc([OH+]c2ccccc2)cc1.c1ccc([OH+]c2ccccc2)cc1. The lowest BCUT2D eigenvalue weighted by molar-refractivity contribution is -0.341. The van der Waals surface area contributed by atoms with Gasteiger partial charge in [0.05, 0.1) is 0 Å². The summed E-state index contributed by atoms with van der Waals surface area (Å²) in [5, 5.41) is 20.2. The Balaban J connectivity index is 0.000000165. The number of hydrogen-bond acceptors (Lipinski definition) is 2. The maximum Gasteiger partial charge on any atom is 0.260 e. The molecule has 5 rings (SSSR count). The van der Waals surface area contributed by atoms with Crippen LogP contribution < -0.4 is 15.5 Å². The van der Waals surface area contributed by atoms with Gasteiger partial charge in [0.15, 0.2) is 29.1 Å². The maximum atomic E-state index is 12.5. The Labute approximate surface area is 227 Å². The minimum absolute atomic E-state index is 0.994. The third-order valence-electron chi connectivity index (χ3n) is 5.02. The predicted octanol–water partition coefficient (Wildman–Crippen LogP) is 5.48. The first-order chi connectivity index (χ1) is 19.3. The molecule has 2 N–H and O–H groups in total. The molecule has 0 atom stereocenters. The molecular weight excluding hydrogens is 530 g/mol. The van der Waals surface area contributed by atoms with Gasteiger partial charge in [0.1, 0.15) is 0 Å². The molecule has 0 spiro atoms. The second-order valence-corrected chi connectivity index (χ2v) is 7.88. The Bertz CT molecular complexity index is 1280. The van der Waals surface area contributed by atoms with Gasteiger partial charge in [0.25, 0.3) is 23.0 Å². The highest BCUT2D eigenvalue weighted by atomic mass is 19.2. The molecule has 5 aromatic rings. The summed E-state index contributed by atoms with van der Waals surface area (Å²) >= 11 is 0. The summed E-state index contributed by atoms with van der Waals surface area (Å²) in [5.74, 6) is -7.77. The average Bonchev–Trinajstić information content (AvgIpc) is 2.98. The molecule has 0 bridgehead atoms. The Hall–Kier alpha value is -4.67. The highest BCUT2D eigenvalue weighted by molar-refractivity contribution is 6.55. The molecule has 0 radical (unpaired) electrons. The highest BCUT2D eigenvalue weighted by Crippen LogP contribution is 2.22. The van der Waals surface area contributed by atoms with Gasteiger partial charge in [-0.2, -0.15) is 0 Å². The summed E-state index contributed by atoms with van der Waals surface area (Å²) < 4.78 is 70.9. The Kier molecular flexibility index (Phi) is 11.3. The van der Waals surface area contributed by atoms with Crippen molar-refractivity contribution in [3.05, 3.63) is 150 Å². The van der Waals surface area contributed by atoms with E-state index in [2.05, 4.69) is 9.47 Å². The quantitative estimate of drug-likeness (QED) is 0.0953. The van der Waals surface area contributed by atoms with E-state index in [1.165, 1.54) is 0 Å². The lowest BCUT2D eigenvalue weighted by Crippen LogP contribution is -2.58. The van der Waals surface area contributed by atoms with Crippen molar-refractivity contribution < 1.29 is 41.5 Å². The number of halogens is 5. The normalized spacial score (nSPS) is 9.88. The number of hydrogen-bond donors (Lipinski definition) is 0. The van der Waals surface area contributed by atoms with E-state index in [0.717, 1.165) is 23.0 Å². The molecule has 0 aliphatic heterocycles. The minimum atomic E-state index is -3.26. The van der Waals surface area contributed by atoms with Crippen molar-refractivity contribution in [1.29, 1.82) is 0 Å². The van der Waals surface area contributed by atoms with E-state index in [1.54, 1.807) is 0 Å². The largest absolute Gasteiger partial charge is 0.889 e. The van der Waals surface area contributed by atoms with Crippen LogP contribution in [0.4, 0.5) is 22.0 Å². The van der Waals surface area contributed by atoms with Crippen LogP contribution in [-0.4, -0.2) is 16.6 Å². The Morgan fingerprint density at radius 2 is 0.600 bits per heavy atom. The smallest absolute Gasteiger partial charge is 0.260 e. The van der Waals surface area contributed by atoms with E-state index >= 15 is 0 Å². The average molecular weight is 552 g/mol. The van der Waals surface area contributed by atoms with E-state index in [4.69, 9.17) is 0 Å². The van der Waals surface area contributed by atoms with Crippen LogP contribution in [0.5, 0.6) is 23.0 Å². The summed E-state index contributed by atoms with van der Waals surface area (Å²) in [6, 6.07) is 39.8. The first kappa shape index (κ1) is 29.9. The molecule has 0 heterocycles. The fourth-order valence-corrected chi connectivity index (χ4v) is 3.14. The van der Waals surface area contributed by atoms with Crippen molar-refractivity contribution in [2.24, 2.45) is 0 Å². The van der Waals surface area contributed by atoms with Crippen LogP contribution in [0.25, 0.3) is 0 Å². The number of aromatic hydroxyl groups is 4. The van der Waals surface area contributed by atoms with Crippen LogP contribution in [0.15, 0.2) is 121 Å². The molecule has 40 heavy (non-hydrogen) atoms. The standard InChI is InChI=1S/2C12H10O.C6BF5O2/c2*1-3-7-11(8-4-1)13-12-9-5-2-6-10-12;8-2-1(7(13)14)3(9)5(11)6(12)4(2)10/h2*1-10H;/q;;-2/p+2. The molecule has 10 heteroatoms. The van der Waals surface area contributed by atoms with Gasteiger partial charge in [0.2, 0.25) is 0 Å². The summed E-state index contributed by atoms with van der Waals surface area (Å²) in [6.07, 6.45) is 0. The summed E-state index contributed by atoms with van der Waals surface area (Å²) in [6.45, 7) is 0. The van der Waals surface area contributed by atoms with Crippen molar-refractivity contribution in [2.75, 3.05) is 0 Å². The zero-order valence-corrected chi connectivity index (χ0v) is 20.7. The van der Waals surface area contributed by atoms with Crippen molar-refractivity contribution in [2.45, 2.75) is 0 Å². The molecule has 0 saturated carbocycles. The van der Waals surface area contributed by atoms with Crippen LogP contribution in [0.2, 0.25) is 0 Å². The van der Waals surface area contributed by atoms with Crippen molar-refractivity contribution in [3.8, 4) is 23.0 Å². The van der Waals surface area contributed by atoms with Gasteiger partial charge in [-0.05, 0) is 5.46 Å². The second kappa shape index (κ2) is 15.1. The van der Waals surface area contributed by atoms with Crippen molar-refractivity contribution >= 4 is 12.6 Å². The van der Waals surface area contributed by atoms with Crippen LogP contribution >= 0.6 is 0 Å². The van der Waals surface area contributed by atoms with Crippen LogP contribution in [-0.2, 0) is 0 Å². The van der Waals surface area contributed by atoms with Gasteiger partial charge in [-0.25, -0.2) is 22.0 Å². The molecule has 204 valence electrons. The lowest BCUT2D eigenvalue weighted by Gasteiger charge is -2.27. The van der Waals surface area contributed by atoms with Gasteiger partial charge in [0, 0.05) is 48.5 Å². The van der Waals surface area contributed by atoms with Gasteiger partial charge in [-0.1, -0.05) is 79.9 Å². The van der Waals surface area contributed by atoms with E-state index in [9.17, 15) is 32.0 Å². The molecule has 0 unspecified atom stereocenters. The third-order valence-corrected chi connectivity index (χ3v) is 5.02. The fourth-order valence-electron chi connectivity index (χ4n) is 3.14. The maximum absolute atomic E-state index is 12.5. The van der Waals surface area contributed by atoms with Gasteiger partial charge < -0.3 is 19.5 Å². The molecule has 0 aliphatic carbocycles. The Morgan fingerprint density at radius 3 is 0.825 bits per heavy atom. The Morgan fingerprint density at radius 1 is 0.375 bits per heavy atom. The topological polar surface area (TPSA) is 71.7 Å². The molecule has 4 nitrogen and oxygen atoms in total. The third kappa shape index (κ3) is 8.69. The van der Waals surface area contributed by atoms with Crippen LogP contribution in [0, 0.1) is 29.1 Å². The summed E-state index contributed by atoms with van der Waals surface area (Å²) in [5.41, 5.74) is -1.89. The number of rotatable bonds is 5. The zero-order valence-electron chi connectivity index (χ0n) is 20.7. The minimum Gasteiger partial charge on any atom is -0.889 e. The number of benzene rings is 5. The fraction of sp³-hybridized carbons (Fsp3) is 0. The van der Waals surface area contributed by atoms with E-state index in [1.807, 2.05) is 121 Å². The van der Waals surface area contributed by atoms with E-state index < -0.39 is 41.7 Å². The van der Waals surface area contributed by atoms with E-state index in [0.29, 0.717) is 0 Å². The molecule has 0 fully saturated rings. The molecule has 0 amide bonds. The van der Waals surface area contributed by atoms with Crippen molar-refractivity contribution in [1.82, 2.24) is 0 Å². The molecule has 0 aliphatic rings. The molecule has 0 aromatic heterocycles. The van der Waals surface area contributed by atoms with Crippen LogP contribution in [0.3, 0.4) is 0 Å². The number of ether oxygens (including phenoxy) is 2.